The van der Waals surface area contributed by atoms with Crippen molar-refractivity contribution in [3.63, 3.8) is 0 Å². The topological polar surface area (TPSA) is 29.3 Å². The van der Waals surface area contributed by atoms with Gasteiger partial charge in [0.05, 0.1) is 0 Å². The minimum atomic E-state index is 0.479. The van der Waals surface area contributed by atoms with Crippen LogP contribution >= 0.6 is 0 Å². The van der Waals surface area contributed by atoms with Crippen molar-refractivity contribution in [3.8, 4) is 0 Å². The lowest BCUT2D eigenvalue weighted by Crippen LogP contribution is -2.29. The van der Waals surface area contributed by atoms with Crippen LogP contribution in [0.2, 0.25) is 0 Å². The molecular weight excluding hydrogens is 232 g/mol. The first kappa shape index (κ1) is 13.1. The molecule has 2 heteroatoms. The summed E-state index contributed by atoms with van der Waals surface area (Å²) in [6.45, 7) is 3.76. The van der Waals surface area contributed by atoms with Crippen molar-refractivity contribution in [2.24, 2.45) is 11.7 Å². The molecule has 0 radical (unpaired) electrons. The third-order valence-electron chi connectivity index (χ3n) is 5.08. The van der Waals surface area contributed by atoms with E-state index in [1.165, 1.54) is 57.3 Å². The van der Waals surface area contributed by atoms with Crippen LogP contribution in [0.1, 0.15) is 43.6 Å². The number of benzene rings is 1. The molecule has 1 aromatic rings. The van der Waals surface area contributed by atoms with Crippen LogP contribution in [0.4, 0.5) is 0 Å². The zero-order chi connectivity index (χ0) is 13.1. The summed E-state index contributed by atoms with van der Waals surface area (Å²) in [5, 5.41) is 0. The van der Waals surface area contributed by atoms with Gasteiger partial charge in [-0.05, 0) is 56.2 Å². The van der Waals surface area contributed by atoms with E-state index in [9.17, 15) is 0 Å². The van der Waals surface area contributed by atoms with E-state index >= 15 is 0 Å². The summed E-state index contributed by atoms with van der Waals surface area (Å²) >= 11 is 0. The number of nitrogens with zero attached hydrogens (tertiary/aromatic N) is 1. The lowest BCUT2D eigenvalue weighted by molar-refractivity contribution is 0.291. The Morgan fingerprint density at radius 1 is 1.11 bits per heavy atom. The van der Waals surface area contributed by atoms with Crippen LogP contribution in [-0.4, -0.2) is 30.6 Å². The first-order valence-corrected chi connectivity index (χ1v) is 7.86. The maximum atomic E-state index is 6.16. The predicted molar refractivity (Wildman–Crippen MR) is 80.2 cm³/mol. The van der Waals surface area contributed by atoms with Gasteiger partial charge in [0, 0.05) is 12.6 Å². The molecule has 1 saturated carbocycles. The molecule has 1 heterocycles. The van der Waals surface area contributed by atoms with Crippen LogP contribution in [0.3, 0.4) is 0 Å². The van der Waals surface area contributed by atoms with Gasteiger partial charge in [-0.15, -0.1) is 0 Å². The van der Waals surface area contributed by atoms with Crippen molar-refractivity contribution in [1.29, 1.82) is 0 Å². The van der Waals surface area contributed by atoms with Crippen molar-refractivity contribution >= 4 is 0 Å². The van der Waals surface area contributed by atoms with Crippen LogP contribution < -0.4 is 5.73 Å². The van der Waals surface area contributed by atoms with Gasteiger partial charge < -0.3 is 10.6 Å². The normalized spacial score (nSPS) is 31.9. The van der Waals surface area contributed by atoms with Gasteiger partial charge in [0.25, 0.3) is 0 Å². The van der Waals surface area contributed by atoms with Crippen molar-refractivity contribution in [1.82, 2.24) is 4.90 Å². The molecule has 2 aliphatic rings. The quantitative estimate of drug-likeness (QED) is 0.899. The standard InChI is InChI=1S/C17H26N2/c18-17-8-4-7-15(17)9-11-19-12-10-16(13-19)14-5-2-1-3-6-14/h1-3,5-6,15-17H,4,7-13,18H2. The fraction of sp³-hybridized carbons (Fsp3) is 0.647. The van der Waals surface area contributed by atoms with E-state index in [4.69, 9.17) is 5.73 Å². The summed E-state index contributed by atoms with van der Waals surface area (Å²) in [6, 6.07) is 11.5. The molecule has 104 valence electrons. The third-order valence-corrected chi connectivity index (χ3v) is 5.08. The fourth-order valence-corrected chi connectivity index (χ4v) is 3.81. The molecule has 0 bridgehead atoms. The average molecular weight is 258 g/mol. The second kappa shape index (κ2) is 6.06. The summed E-state index contributed by atoms with van der Waals surface area (Å²) in [6.07, 6.45) is 6.58. The number of hydrogen-bond acceptors (Lipinski definition) is 2. The van der Waals surface area contributed by atoms with Gasteiger partial charge in [-0.2, -0.15) is 0 Å². The van der Waals surface area contributed by atoms with E-state index in [0.29, 0.717) is 6.04 Å². The highest BCUT2D eigenvalue weighted by Gasteiger charge is 2.27. The van der Waals surface area contributed by atoms with Crippen LogP contribution in [0, 0.1) is 5.92 Å². The van der Waals surface area contributed by atoms with Gasteiger partial charge in [-0.3, -0.25) is 0 Å². The molecule has 3 rings (SSSR count). The molecule has 3 atom stereocenters. The first-order chi connectivity index (χ1) is 9.33. The molecule has 1 aromatic carbocycles. The van der Waals surface area contributed by atoms with E-state index in [1.807, 2.05) is 0 Å². The van der Waals surface area contributed by atoms with E-state index in [2.05, 4.69) is 35.2 Å². The van der Waals surface area contributed by atoms with Crippen molar-refractivity contribution < 1.29 is 0 Å². The maximum absolute atomic E-state index is 6.16. The monoisotopic (exact) mass is 258 g/mol. The Labute approximate surface area is 117 Å². The molecule has 2 nitrogen and oxygen atoms in total. The summed E-state index contributed by atoms with van der Waals surface area (Å²) in [5.74, 6) is 1.54. The summed E-state index contributed by atoms with van der Waals surface area (Å²) in [5.41, 5.74) is 7.68. The molecule has 0 amide bonds. The Morgan fingerprint density at radius 3 is 2.68 bits per heavy atom. The van der Waals surface area contributed by atoms with Gasteiger partial charge in [0.15, 0.2) is 0 Å². The Kier molecular flexibility index (Phi) is 4.19. The molecule has 2 fully saturated rings. The SMILES string of the molecule is NC1CCCC1CCN1CCC(c2ccccc2)C1. The Hall–Kier alpha value is -0.860. The summed E-state index contributed by atoms with van der Waals surface area (Å²) in [4.78, 5) is 2.64. The van der Waals surface area contributed by atoms with Gasteiger partial charge in [-0.1, -0.05) is 36.8 Å². The highest BCUT2D eigenvalue weighted by atomic mass is 15.1. The number of rotatable bonds is 4. The molecule has 19 heavy (non-hydrogen) atoms. The van der Waals surface area contributed by atoms with Gasteiger partial charge >= 0.3 is 0 Å². The predicted octanol–water partition coefficient (Wildman–Crippen LogP) is 2.99. The molecule has 1 aliphatic heterocycles. The second-order valence-corrected chi connectivity index (χ2v) is 6.34. The van der Waals surface area contributed by atoms with Gasteiger partial charge in [0.2, 0.25) is 0 Å². The molecule has 1 saturated heterocycles. The second-order valence-electron chi connectivity index (χ2n) is 6.34. The third kappa shape index (κ3) is 3.18. The molecule has 0 aromatic heterocycles. The van der Waals surface area contributed by atoms with Crippen LogP contribution in [0.5, 0.6) is 0 Å². The average Bonchev–Trinajstić information content (AvgIpc) is 3.06. The Balaban J connectivity index is 1.47. The molecular formula is C17H26N2. The zero-order valence-corrected chi connectivity index (χ0v) is 11.8. The van der Waals surface area contributed by atoms with Gasteiger partial charge in [0.1, 0.15) is 0 Å². The van der Waals surface area contributed by atoms with Crippen LogP contribution in [-0.2, 0) is 0 Å². The van der Waals surface area contributed by atoms with Gasteiger partial charge in [-0.25, -0.2) is 0 Å². The summed E-state index contributed by atoms with van der Waals surface area (Å²) in [7, 11) is 0. The minimum Gasteiger partial charge on any atom is -0.327 e. The molecule has 1 aliphatic carbocycles. The highest BCUT2D eigenvalue weighted by molar-refractivity contribution is 5.20. The van der Waals surface area contributed by atoms with Crippen molar-refractivity contribution in [2.75, 3.05) is 19.6 Å². The highest BCUT2D eigenvalue weighted by Crippen LogP contribution is 2.30. The number of likely N-dealkylation sites (tertiary alicyclic amines) is 1. The molecule has 0 spiro atoms. The lowest BCUT2D eigenvalue weighted by atomic mass is 9.98. The lowest BCUT2D eigenvalue weighted by Gasteiger charge is -2.21. The minimum absolute atomic E-state index is 0.479. The smallest absolute Gasteiger partial charge is 0.00676 e. The Bertz CT molecular complexity index is 390. The Morgan fingerprint density at radius 2 is 1.95 bits per heavy atom. The van der Waals surface area contributed by atoms with E-state index in [0.717, 1.165) is 11.8 Å². The fourth-order valence-electron chi connectivity index (χ4n) is 3.81. The van der Waals surface area contributed by atoms with Crippen LogP contribution in [0.15, 0.2) is 30.3 Å². The maximum Gasteiger partial charge on any atom is 0.00676 e. The zero-order valence-electron chi connectivity index (χ0n) is 11.8. The largest absolute Gasteiger partial charge is 0.327 e. The molecule has 2 N–H and O–H groups in total. The first-order valence-electron chi connectivity index (χ1n) is 7.86. The van der Waals surface area contributed by atoms with Crippen molar-refractivity contribution in [2.45, 2.75) is 44.1 Å². The number of nitrogens with two attached hydrogens (primary N) is 1. The summed E-state index contributed by atoms with van der Waals surface area (Å²) < 4.78 is 0. The van der Waals surface area contributed by atoms with E-state index < -0.39 is 0 Å². The van der Waals surface area contributed by atoms with E-state index in [1.54, 1.807) is 0 Å². The number of hydrogen-bond donors (Lipinski definition) is 1. The van der Waals surface area contributed by atoms with Crippen molar-refractivity contribution in [3.05, 3.63) is 35.9 Å². The van der Waals surface area contributed by atoms with Crippen LogP contribution in [0.25, 0.3) is 0 Å². The van der Waals surface area contributed by atoms with E-state index in [-0.39, 0.29) is 0 Å². The molecule has 3 unspecified atom stereocenters.